The molecule has 6 nitrogen and oxygen atoms in total. The molecule has 6 rings (SSSR count). The molecule has 2 aromatic heterocycles. The molecule has 0 spiro atoms. The molecule has 0 aliphatic carbocycles. The predicted octanol–water partition coefficient (Wildman–Crippen LogP) is 4.64. The van der Waals surface area contributed by atoms with Crippen LogP contribution in [0.4, 0.5) is 8.78 Å². The van der Waals surface area contributed by atoms with Crippen LogP contribution in [0.3, 0.4) is 0 Å². The second-order valence-electron chi connectivity index (χ2n) is 8.99. The highest BCUT2D eigenvalue weighted by molar-refractivity contribution is 5.60. The van der Waals surface area contributed by atoms with Gasteiger partial charge in [-0.05, 0) is 34.9 Å². The number of epoxide rings is 1. The lowest BCUT2D eigenvalue weighted by Crippen LogP contribution is -2.30. The van der Waals surface area contributed by atoms with Gasteiger partial charge in [0.05, 0.1) is 23.5 Å². The molecule has 8 heteroatoms. The van der Waals surface area contributed by atoms with E-state index < -0.39 is 11.6 Å². The molecule has 1 fully saturated rings. The number of halogens is 2. The zero-order valence-corrected chi connectivity index (χ0v) is 18.9. The van der Waals surface area contributed by atoms with Gasteiger partial charge in [0.2, 0.25) is 0 Å². The molecule has 2 aliphatic heterocycles. The molecule has 0 saturated carbocycles. The Morgan fingerprint density at radius 2 is 1.94 bits per heavy atom. The zero-order valence-electron chi connectivity index (χ0n) is 18.9. The first-order valence-electron chi connectivity index (χ1n) is 11.3. The van der Waals surface area contributed by atoms with Crippen LogP contribution in [-0.4, -0.2) is 25.9 Å². The lowest BCUT2D eigenvalue weighted by Gasteiger charge is -2.26. The Morgan fingerprint density at radius 3 is 2.63 bits per heavy atom. The van der Waals surface area contributed by atoms with Crippen molar-refractivity contribution in [2.45, 2.75) is 31.8 Å². The highest BCUT2D eigenvalue weighted by Gasteiger charge is 2.50. The Bertz CT molecular complexity index is 1450. The fourth-order valence-electron chi connectivity index (χ4n) is 4.87. The van der Waals surface area contributed by atoms with Crippen LogP contribution in [0.5, 0.6) is 0 Å². The summed E-state index contributed by atoms with van der Waals surface area (Å²) in [5, 5.41) is 13.2. The van der Waals surface area contributed by atoms with Crippen molar-refractivity contribution in [1.82, 2.24) is 19.7 Å². The molecule has 2 unspecified atom stereocenters. The van der Waals surface area contributed by atoms with Crippen molar-refractivity contribution in [3.8, 4) is 17.2 Å². The Labute approximate surface area is 201 Å². The van der Waals surface area contributed by atoms with E-state index in [0.717, 1.165) is 45.6 Å². The minimum absolute atomic E-state index is 0.0258. The smallest absolute Gasteiger partial charge is 0.143 e. The topological polar surface area (TPSA) is 70.3 Å². The van der Waals surface area contributed by atoms with E-state index in [-0.39, 0.29) is 29.9 Å². The summed E-state index contributed by atoms with van der Waals surface area (Å²) in [7, 11) is 1.88. The van der Waals surface area contributed by atoms with Crippen LogP contribution in [0.1, 0.15) is 39.6 Å². The van der Waals surface area contributed by atoms with Crippen LogP contribution in [0.25, 0.3) is 11.1 Å². The second kappa shape index (κ2) is 8.38. The molecule has 0 N–H and O–H groups in total. The molecule has 4 aromatic rings. The minimum atomic E-state index is -0.703. The van der Waals surface area contributed by atoms with Gasteiger partial charge >= 0.3 is 0 Å². The van der Waals surface area contributed by atoms with Gasteiger partial charge in [-0.25, -0.2) is 8.78 Å². The van der Waals surface area contributed by atoms with Gasteiger partial charge in [-0.15, -0.1) is 0 Å². The van der Waals surface area contributed by atoms with Crippen molar-refractivity contribution in [2.75, 3.05) is 0 Å². The van der Waals surface area contributed by atoms with Crippen molar-refractivity contribution >= 4 is 0 Å². The summed E-state index contributed by atoms with van der Waals surface area (Å²) >= 11 is 0. The molecule has 2 atom stereocenters. The second-order valence-corrected chi connectivity index (χ2v) is 8.99. The highest BCUT2D eigenvalue weighted by atomic mass is 19.1. The first-order chi connectivity index (χ1) is 17.0. The van der Waals surface area contributed by atoms with Gasteiger partial charge in [-0.1, -0.05) is 24.3 Å². The van der Waals surface area contributed by atoms with Gasteiger partial charge in [-0.2, -0.15) is 10.4 Å². The summed E-state index contributed by atoms with van der Waals surface area (Å²) in [6.45, 7) is 1.30. The molecular formula is C27H21F2N5O. The van der Waals surface area contributed by atoms with Crippen LogP contribution in [0.2, 0.25) is 0 Å². The summed E-state index contributed by atoms with van der Waals surface area (Å²) in [6, 6.07) is 13.8. The normalized spacial score (nSPS) is 18.6. The fraction of sp³-hybridized carbons (Fsp3) is 0.222. The van der Waals surface area contributed by atoms with Crippen LogP contribution in [-0.2, 0) is 31.3 Å². The summed E-state index contributed by atoms with van der Waals surface area (Å²) in [5.41, 5.74) is 5.85. The third-order valence-corrected chi connectivity index (χ3v) is 6.64. The maximum atomic E-state index is 14.5. The van der Waals surface area contributed by atoms with E-state index >= 15 is 0 Å². The van der Waals surface area contributed by atoms with E-state index in [9.17, 15) is 8.78 Å². The molecule has 0 bridgehead atoms. The van der Waals surface area contributed by atoms with Crippen molar-refractivity contribution in [3.05, 3.63) is 106 Å². The summed E-state index contributed by atoms with van der Waals surface area (Å²) in [5.74, 6) is -1.41. The number of aryl methyl sites for hydroxylation is 1. The van der Waals surface area contributed by atoms with Crippen molar-refractivity contribution in [3.63, 3.8) is 0 Å². The molecule has 2 aliphatic rings. The number of fused-ring (bicyclic) bond motifs is 3. The van der Waals surface area contributed by atoms with E-state index in [0.29, 0.717) is 13.1 Å². The number of nitriles is 1. The number of benzene rings is 2. The SMILES string of the molecule is Cn1cc(-c2ccc(CN3Cc4cccc(Cc5c(F)cc(C#N)cc5F)c4C4OC43)nc2)cn1. The molecule has 35 heavy (non-hydrogen) atoms. The summed E-state index contributed by atoms with van der Waals surface area (Å²) < 4.78 is 36.8. The monoisotopic (exact) mass is 469 g/mol. The van der Waals surface area contributed by atoms with Gasteiger partial charge in [-0.3, -0.25) is 14.6 Å². The number of rotatable bonds is 5. The lowest BCUT2D eigenvalue weighted by atomic mass is 9.90. The van der Waals surface area contributed by atoms with Gasteiger partial charge < -0.3 is 4.74 Å². The first kappa shape index (κ1) is 21.6. The van der Waals surface area contributed by atoms with Gasteiger partial charge in [0.15, 0.2) is 0 Å². The first-order valence-corrected chi connectivity index (χ1v) is 11.3. The third kappa shape index (κ3) is 3.99. The van der Waals surface area contributed by atoms with E-state index in [4.69, 9.17) is 10.00 Å². The minimum Gasteiger partial charge on any atom is -0.348 e. The van der Waals surface area contributed by atoms with Crippen molar-refractivity contribution in [1.29, 1.82) is 5.26 Å². The van der Waals surface area contributed by atoms with E-state index in [2.05, 4.69) is 15.0 Å². The Hall–Kier alpha value is -3.93. The molecule has 0 amide bonds. The number of ether oxygens (including phenoxy) is 1. The van der Waals surface area contributed by atoms with Gasteiger partial charge in [0.1, 0.15) is 24.0 Å². The van der Waals surface area contributed by atoms with E-state index in [1.807, 2.05) is 56.0 Å². The number of hydrogen-bond acceptors (Lipinski definition) is 5. The molecule has 0 radical (unpaired) electrons. The molecule has 2 aromatic carbocycles. The Morgan fingerprint density at radius 1 is 1.11 bits per heavy atom. The zero-order chi connectivity index (χ0) is 24.1. The fourth-order valence-corrected chi connectivity index (χ4v) is 4.87. The molecule has 1 saturated heterocycles. The number of hydrogen-bond donors (Lipinski definition) is 0. The average Bonchev–Trinajstić information content (AvgIpc) is 3.55. The van der Waals surface area contributed by atoms with Crippen molar-refractivity contribution in [2.24, 2.45) is 7.05 Å². The molecule has 4 heterocycles. The largest absolute Gasteiger partial charge is 0.348 e. The Balaban J connectivity index is 1.22. The maximum Gasteiger partial charge on any atom is 0.143 e. The molecular weight excluding hydrogens is 448 g/mol. The quantitative estimate of drug-likeness (QED) is 0.399. The number of pyridine rings is 1. The number of nitrogens with zero attached hydrogens (tertiary/aromatic N) is 5. The van der Waals surface area contributed by atoms with Gasteiger partial charge in [0, 0.05) is 55.6 Å². The summed E-state index contributed by atoms with van der Waals surface area (Å²) in [6.07, 6.45) is 5.51. The van der Waals surface area contributed by atoms with E-state index in [1.54, 1.807) is 10.8 Å². The maximum absolute atomic E-state index is 14.5. The van der Waals surface area contributed by atoms with Gasteiger partial charge in [0.25, 0.3) is 0 Å². The Kier molecular flexibility index (Phi) is 5.17. The average molecular weight is 469 g/mol. The standard InChI is InChI=1S/C27H21F2N5O/c1-33-13-20(12-32-33)18-5-6-21(31-11-18)15-34-14-19-4-2-3-17(25(19)26-27(34)35-26)9-22-23(28)7-16(10-30)8-24(22)29/h2-8,11-13,26-27H,9,14-15H2,1H3. The molecule has 174 valence electrons. The van der Waals surface area contributed by atoms with Crippen LogP contribution in [0, 0.1) is 23.0 Å². The van der Waals surface area contributed by atoms with Crippen LogP contribution >= 0.6 is 0 Å². The summed E-state index contributed by atoms with van der Waals surface area (Å²) in [4.78, 5) is 6.86. The number of aromatic nitrogens is 3. The highest BCUT2D eigenvalue weighted by Crippen LogP contribution is 2.49. The van der Waals surface area contributed by atoms with Crippen molar-refractivity contribution < 1.29 is 13.5 Å². The van der Waals surface area contributed by atoms with Crippen LogP contribution in [0.15, 0.2) is 61.1 Å². The third-order valence-electron chi connectivity index (χ3n) is 6.64. The van der Waals surface area contributed by atoms with Crippen LogP contribution < -0.4 is 0 Å². The lowest BCUT2D eigenvalue weighted by molar-refractivity contribution is 0.159. The van der Waals surface area contributed by atoms with E-state index in [1.165, 1.54) is 0 Å². The predicted molar refractivity (Wildman–Crippen MR) is 124 cm³/mol.